The smallest absolute Gasteiger partial charge is 0.188 e. The number of rotatable bonds is 4. The molecule has 2 heteroatoms. The summed E-state index contributed by atoms with van der Waals surface area (Å²) in [6.07, 6.45) is 1.85. The lowest BCUT2D eigenvalue weighted by Gasteiger charge is -2.09. The van der Waals surface area contributed by atoms with E-state index in [0.717, 1.165) is 22.1 Å². The van der Waals surface area contributed by atoms with Gasteiger partial charge in [0.05, 0.1) is 0 Å². The zero-order valence-electron chi connectivity index (χ0n) is 9.27. The fourth-order valence-corrected chi connectivity index (χ4v) is 1.73. The van der Waals surface area contributed by atoms with Crippen LogP contribution in [0.2, 0.25) is 0 Å². The van der Waals surface area contributed by atoms with Crippen LogP contribution in [0.25, 0.3) is 16.8 Å². The van der Waals surface area contributed by atoms with E-state index in [-0.39, 0.29) is 6.79 Å². The lowest BCUT2D eigenvalue weighted by Crippen LogP contribution is -1.99. The molecule has 0 spiro atoms. The molecule has 2 nitrogen and oxygen atoms in total. The summed E-state index contributed by atoms with van der Waals surface area (Å²) in [5.41, 5.74) is 1.11. The molecule has 0 heterocycles. The first kappa shape index (κ1) is 10.7. The normalized spacial score (nSPS) is 10.3. The van der Waals surface area contributed by atoms with Crippen molar-refractivity contribution in [1.82, 2.24) is 0 Å². The maximum absolute atomic E-state index is 5.51. The molecule has 0 amide bonds. The molecule has 0 fully saturated rings. The third-order valence-corrected chi connectivity index (χ3v) is 2.47. The summed E-state index contributed by atoms with van der Waals surface area (Å²) in [4.78, 5) is 0. The number of benzene rings is 2. The van der Waals surface area contributed by atoms with Crippen LogP contribution in [0.5, 0.6) is 5.75 Å². The Morgan fingerprint density at radius 2 is 1.88 bits per heavy atom. The Kier molecular flexibility index (Phi) is 3.22. The summed E-state index contributed by atoms with van der Waals surface area (Å²) in [7, 11) is 1.61. The van der Waals surface area contributed by atoms with Gasteiger partial charge < -0.3 is 9.47 Å². The topological polar surface area (TPSA) is 18.5 Å². The van der Waals surface area contributed by atoms with Crippen molar-refractivity contribution < 1.29 is 9.47 Å². The molecule has 0 aliphatic carbocycles. The molecule has 2 aromatic rings. The van der Waals surface area contributed by atoms with Gasteiger partial charge in [-0.1, -0.05) is 43.0 Å². The standard InChI is InChI=1S/C14H14O2/c1-3-11-6-4-8-13-12(11)7-5-9-14(13)16-10-15-2/h3-9H,1,10H2,2H3. The van der Waals surface area contributed by atoms with Crippen molar-refractivity contribution in [2.45, 2.75) is 0 Å². The monoisotopic (exact) mass is 214 g/mol. The average Bonchev–Trinajstić information content (AvgIpc) is 2.35. The second kappa shape index (κ2) is 4.81. The molecule has 0 aromatic heterocycles. The maximum atomic E-state index is 5.51. The zero-order chi connectivity index (χ0) is 11.4. The van der Waals surface area contributed by atoms with Crippen molar-refractivity contribution in [1.29, 1.82) is 0 Å². The van der Waals surface area contributed by atoms with Gasteiger partial charge in [0.15, 0.2) is 6.79 Å². The summed E-state index contributed by atoms with van der Waals surface area (Å²) >= 11 is 0. The van der Waals surface area contributed by atoms with Crippen LogP contribution >= 0.6 is 0 Å². The molecule has 82 valence electrons. The molecule has 0 radical (unpaired) electrons. The van der Waals surface area contributed by atoms with E-state index in [1.165, 1.54) is 0 Å². The van der Waals surface area contributed by atoms with Crippen molar-refractivity contribution >= 4 is 16.8 Å². The van der Waals surface area contributed by atoms with Crippen LogP contribution in [0.4, 0.5) is 0 Å². The van der Waals surface area contributed by atoms with Crippen molar-refractivity contribution in [2.24, 2.45) is 0 Å². The van der Waals surface area contributed by atoms with Gasteiger partial charge in [0, 0.05) is 12.5 Å². The highest BCUT2D eigenvalue weighted by Crippen LogP contribution is 2.28. The van der Waals surface area contributed by atoms with Gasteiger partial charge >= 0.3 is 0 Å². The number of methoxy groups -OCH3 is 1. The van der Waals surface area contributed by atoms with Gasteiger partial charge in [0.25, 0.3) is 0 Å². The Bertz CT molecular complexity index is 503. The molecule has 0 aliphatic rings. The molecule has 2 aromatic carbocycles. The van der Waals surface area contributed by atoms with E-state index in [9.17, 15) is 0 Å². The SMILES string of the molecule is C=Cc1cccc2c(OCOC)cccc12. The lowest BCUT2D eigenvalue weighted by molar-refractivity contribution is 0.0522. The second-order valence-corrected chi connectivity index (χ2v) is 3.45. The third-order valence-electron chi connectivity index (χ3n) is 2.47. The first-order valence-electron chi connectivity index (χ1n) is 5.12. The Labute approximate surface area is 95.1 Å². The van der Waals surface area contributed by atoms with E-state index >= 15 is 0 Å². The van der Waals surface area contributed by atoms with Crippen LogP contribution in [-0.2, 0) is 4.74 Å². The Balaban J connectivity index is 2.55. The number of fused-ring (bicyclic) bond motifs is 1. The molecule has 0 aliphatic heterocycles. The van der Waals surface area contributed by atoms with Crippen molar-refractivity contribution in [3.8, 4) is 5.75 Å². The second-order valence-electron chi connectivity index (χ2n) is 3.45. The van der Waals surface area contributed by atoms with Gasteiger partial charge in [0.2, 0.25) is 0 Å². The summed E-state index contributed by atoms with van der Waals surface area (Å²) in [6.45, 7) is 4.07. The molecule has 0 saturated heterocycles. The zero-order valence-corrected chi connectivity index (χ0v) is 9.27. The van der Waals surface area contributed by atoms with Crippen LogP contribution in [-0.4, -0.2) is 13.9 Å². The third kappa shape index (κ3) is 1.92. The van der Waals surface area contributed by atoms with Crippen molar-refractivity contribution in [3.63, 3.8) is 0 Å². The highest BCUT2D eigenvalue weighted by molar-refractivity contribution is 5.94. The minimum Gasteiger partial charge on any atom is -0.467 e. The quantitative estimate of drug-likeness (QED) is 0.725. The summed E-state index contributed by atoms with van der Waals surface area (Å²) in [5.74, 6) is 0.836. The number of hydrogen-bond acceptors (Lipinski definition) is 2. The van der Waals surface area contributed by atoms with Gasteiger partial charge in [-0.2, -0.15) is 0 Å². The minimum atomic E-state index is 0.261. The van der Waals surface area contributed by atoms with E-state index in [2.05, 4.69) is 12.6 Å². The van der Waals surface area contributed by atoms with E-state index in [1.54, 1.807) is 7.11 Å². The molecule has 0 saturated carbocycles. The lowest BCUT2D eigenvalue weighted by atomic mass is 10.0. The van der Waals surface area contributed by atoms with Crippen molar-refractivity contribution in [3.05, 3.63) is 48.5 Å². The van der Waals surface area contributed by atoms with Gasteiger partial charge in [0.1, 0.15) is 5.75 Å². The molecule has 2 rings (SSSR count). The number of ether oxygens (including phenoxy) is 2. The Morgan fingerprint density at radius 3 is 2.62 bits per heavy atom. The minimum absolute atomic E-state index is 0.261. The van der Waals surface area contributed by atoms with Gasteiger partial charge in [-0.05, 0) is 17.0 Å². The van der Waals surface area contributed by atoms with Gasteiger partial charge in [-0.25, -0.2) is 0 Å². The fourth-order valence-electron chi connectivity index (χ4n) is 1.73. The molecule has 0 unspecified atom stereocenters. The predicted molar refractivity (Wildman–Crippen MR) is 66.5 cm³/mol. The van der Waals surface area contributed by atoms with Crippen LogP contribution in [0.15, 0.2) is 43.0 Å². The van der Waals surface area contributed by atoms with Crippen LogP contribution < -0.4 is 4.74 Å². The van der Waals surface area contributed by atoms with Crippen molar-refractivity contribution in [2.75, 3.05) is 13.9 Å². The molecular weight excluding hydrogens is 200 g/mol. The first-order chi connectivity index (χ1) is 7.86. The van der Waals surface area contributed by atoms with E-state index in [4.69, 9.17) is 9.47 Å². The summed E-state index contributed by atoms with van der Waals surface area (Å²) < 4.78 is 10.4. The summed E-state index contributed by atoms with van der Waals surface area (Å²) in [5, 5.41) is 2.23. The van der Waals surface area contributed by atoms with Gasteiger partial charge in [-0.3, -0.25) is 0 Å². The predicted octanol–water partition coefficient (Wildman–Crippen LogP) is 3.47. The van der Waals surface area contributed by atoms with E-state index in [1.807, 2.05) is 36.4 Å². The first-order valence-corrected chi connectivity index (χ1v) is 5.12. The fraction of sp³-hybridized carbons (Fsp3) is 0.143. The van der Waals surface area contributed by atoms with E-state index < -0.39 is 0 Å². The average molecular weight is 214 g/mol. The molecule has 16 heavy (non-hydrogen) atoms. The highest BCUT2D eigenvalue weighted by Gasteiger charge is 2.03. The molecule has 0 bridgehead atoms. The highest BCUT2D eigenvalue weighted by atomic mass is 16.7. The van der Waals surface area contributed by atoms with Crippen LogP contribution in [0.3, 0.4) is 0 Å². The molecule has 0 atom stereocenters. The number of hydrogen-bond donors (Lipinski definition) is 0. The van der Waals surface area contributed by atoms with Gasteiger partial charge in [-0.15, -0.1) is 0 Å². The maximum Gasteiger partial charge on any atom is 0.188 e. The molecular formula is C14H14O2. The van der Waals surface area contributed by atoms with Crippen LogP contribution in [0, 0.1) is 0 Å². The summed E-state index contributed by atoms with van der Waals surface area (Å²) in [6, 6.07) is 12.0. The Morgan fingerprint density at radius 1 is 1.12 bits per heavy atom. The van der Waals surface area contributed by atoms with E-state index in [0.29, 0.717) is 0 Å². The Hall–Kier alpha value is -1.80. The largest absolute Gasteiger partial charge is 0.467 e. The van der Waals surface area contributed by atoms with Crippen LogP contribution in [0.1, 0.15) is 5.56 Å². The molecule has 0 N–H and O–H groups in total.